The summed E-state index contributed by atoms with van der Waals surface area (Å²) in [5, 5.41) is 3.69. The van der Waals surface area contributed by atoms with Crippen molar-refractivity contribution in [2.75, 3.05) is 31.6 Å². The number of esters is 2. The molecular formula is C38H62N9O4+. The van der Waals surface area contributed by atoms with Gasteiger partial charge in [-0.05, 0) is 58.3 Å². The lowest BCUT2D eigenvalue weighted by Crippen LogP contribution is -2.51. The average Bonchev–Trinajstić information content (AvgIpc) is 3.76. The third-order valence-electron chi connectivity index (χ3n) is 10.8. The van der Waals surface area contributed by atoms with Crippen LogP contribution in [-0.2, 0) is 20.7 Å². The van der Waals surface area contributed by atoms with Gasteiger partial charge < -0.3 is 31.6 Å². The fraction of sp³-hybridized carbons (Fsp3) is 0.737. The quantitative estimate of drug-likeness (QED) is 0.0452. The summed E-state index contributed by atoms with van der Waals surface area (Å²) in [4.78, 5) is 42.1. The number of nitrogens with one attached hydrogen (secondary N) is 1. The van der Waals surface area contributed by atoms with E-state index in [2.05, 4.69) is 21.8 Å². The van der Waals surface area contributed by atoms with Gasteiger partial charge in [0.2, 0.25) is 0 Å². The Kier molecular flexibility index (Phi) is 14.3. The summed E-state index contributed by atoms with van der Waals surface area (Å²) >= 11 is 0. The Hall–Kier alpha value is -3.90. The zero-order valence-corrected chi connectivity index (χ0v) is 31.1. The number of aryl methyl sites for hydroxylation is 1. The molecule has 5 heterocycles. The standard InChI is InChI=1S/C38H61N9O4/c1-3-4-5-7-10-16-27-25-28-19-20-31-32(26(2)43-38(44-27)47(28)31)34(48)50-23-13-9-6-8-11-17-29-33(30-18-15-22-46(30)37(41)45-29)35(49)51-24-14-12-21-42-36(39)40/h27-29H,3-25H2,1-2H3,(H6,39,40,41,42,45)/p+1/t27-,28+,29-/m1/s1. The number of unbranched alkanes of at least 4 members (excludes halogenated alkanes) is 9. The number of aromatic nitrogens is 2. The van der Waals surface area contributed by atoms with Gasteiger partial charge in [0.1, 0.15) is 11.3 Å². The van der Waals surface area contributed by atoms with Gasteiger partial charge in [-0.2, -0.15) is 0 Å². The smallest absolute Gasteiger partial charge is 0.392 e. The number of hydrogen-bond acceptors (Lipinski definition) is 10. The van der Waals surface area contributed by atoms with Crippen molar-refractivity contribution in [3.8, 4) is 0 Å². The third-order valence-corrected chi connectivity index (χ3v) is 10.8. The summed E-state index contributed by atoms with van der Waals surface area (Å²) in [6.07, 6.45) is 19.3. The average molecular weight is 709 g/mol. The van der Waals surface area contributed by atoms with E-state index in [0.29, 0.717) is 55.4 Å². The molecule has 4 aliphatic rings. The maximum absolute atomic E-state index is 13.3. The van der Waals surface area contributed by atoms with Gasteiger partial charge in [-0.1, -0.05) is 69.7 Å². The molecule has 3 atom stereocenters. The van der Waals surface area contributed by atoms with Crippen LogP contribution in [0.4, 0.5) is 5.95 Å². The number of rotatable bonds is 21. The van der Waals surface area contributed by atoms with Crippen molar-refractivity contribution in [2.45, 2.75) is 154 Å². The van der Waals surface area contributed by atoms with Crippen LogP contribution in [-0.4, -0.2) is 72.1 Å². The Bertz CT molecular complexity index is 1450. The molecule has 5 rings (SSSR count). The van der Waals surface area contributed by atoms with Gasteiger partial charge >= 0.3 is 17.9 Å². The van der Waals surface area contributed by atoms with E-state index in [9.17, 15) is 9.59 Å². The van der Waals surface area contributed by atoms with Crippen molar-refractivity contribution in [3.05, 3.63) is 28.2 Å². The second-order valence-electron chi connectivity index (χ2n) is 14.6. The zero-order valence-electron chi connectivity index (χ0n) is 31.1. The number of hydrogen-bond donors (Lipinski definition) is 4. The second kappa shape index (κ2) is 19.1. The molecule has 1 saturated heterocycles. The molecule has 0 bridgehead atoms. The number of nitrogens with zero attached hydrogens (tertiary/aromatic N) is 5. The fourth-order valence-electron chi connectivity index (χ4n) is 8.17. The Morgan fingerprint density at radius 2 is 1.65 bits per heavy atom. The molecule has 1 aromatic heterocycles. The summed E-state index contributed by atoms with van der Waals surface area (Å²) in [5.74, 6) is 0.933. The molecule has 4 aliphatic heterocycles. The van der Waals surface area contributed by atoms with Gasteiger partial charge in [0.15, 0.2) is 11.9 Å². The van der Waals surface area contributed by atoms with Gasteiger partial charge in [0.05, 0.1) is 42.6 Å². The lowest BCUT2D eigenvalue weighted by atomic mass is 9.96. The minimum Gasteiger partial charge on any atom is -0.462 e. The SMILES string of the molecule is CCCCCCC[C@@H]1C[C@@H]2CCc3c(C(=O)OCCCCCCC[C@H]4N=C(N)N5CCCC5=C4C(=O)OCCCCN=C(N)N)c(C)nc([n+]32)N1. The number of carbonyl (C=O) groups is 2. The first-order chi connectivity index (χ1) is 24.8. The molecule has 0 saturated carbocycles. The minimum atomic E-state index is -0.299. The van der Waals surface area contributed by atoms with Crippen molar-refractivity contribution in [1.29, 1.82) is 0 Å². The van der Waals surface area contributed by atoms with Crippen molar-refractivity contribution in [1.82, 2.24) is 9.88 Å². The number of guanidine groups is 2. The van der Waals surface area contributed by atoms with E-state index in [4.69, 9.17) is 36.7 Å². The molecule has 1 fully saturated rings. The molecule has 0 radical (unpaired) electrons. The number of aliphatic imine (C=N–C) groups is 2. The Balaban J connectivity index is 1.03. The molecule has 13 nitrogen and oxygen atoms in total. The van der Waals surface area contributed by atoms with Gasteiger partial charge in [-0.15, -0.1) is 0 Å². The second-order valence-corrected chi connectivity index (χ2v) is 14.6. The van der Waals surface area contributed by atoms with Crippen LogP contribution < -0.4 is 27.1 Å². The van der Waals surface area contributed by atoms with E-state index in [1.807, 2.05) is 11.8 Å². The van der Waals surface area contributed by atoms with E-state index in [-0.39, 0.29) is 23.9 Å². The van der Waals surface area contributed by atoms with Crippen LogP contribution >= 0.6 is 0 Å². The predicted octanol–water partition coefficient (Wildman–Crippen LogP) is 4.85. The van der Waals surface area contributed by atoms with Crippen LogP contribution in [0.2, 0.25) is 0 Å². The Morgan fingerprint density at radius 3 is 2.43 bits per heavy atom. The normalized spacial score (nSPS) is 20.4. The first kappa shape index (κ1) is 38.3. The minimum absolute atomic E-state index is 0.0679. The monoisotopic (exact) mass is 708 g/mol. The van der Waals surface area contributed by atoms with E-state index in [0.717, 1.165) is 107 Å². The molecule has 0 amide bonds. The number of allylic oxidation sites excluding steroid dienone is 1. The molecule has 7 N–H and O–H groups in total. The molecule has 0 spiro atoms. The summed E-state index contributed by atoms with van der Waals surface area (Å²) in [6, 6.07) is 0.581. The highest BCUT2D eigenvalue weighted by Gasteiger charge is 2.42. The summed E-state index contributed by atoms with van der Waals surface area (Å²) < 4.78 is 13.8. The zero-order chi connectivity index (χ0) is 36.2. The highest BCUT2D eigenvalue weighted by Crippen LogP contribution is 2.34. The van der Waals surface area contributed by atoms with Crippen molar-refractivity contribution < 1.29 is 23.6 Å². The molecule has 51 heavy (non-hydrogen) atoms. The predicted molar refractivity (Wildman–Crippen MR) is 199 cm³/mol. The Labute approximate surface area is 303 Å². The van der Waals surface area contributed by atoms with Crippen molar-refractivity contribution in [3.63, 3.8) is 0 Å². The van der Waals surface area contributed by atoms with Gasteiger partial charge in [0.25, 0.3) is 0 Å². The molecule has 13 heteroatoms. The first-order valence-electron chi connectivity index (χ1n) is 19.7. The van der Waals surface area contributed by atoms with Crippen LogP contribution in [0.1, 0.15) is 150 Å². The Morgan fingerprint density at radius 1 is 0.941 bits per heavy atom. The molecule has 1 aromatic rings. The van der Waals surface area contributed by atoms with Crippen LogP contribution in [0.25, 0.3) is 0 Å². The molecule has 0 aliphatic carbocycles. The lowest BCUT2D eigenvalue weighted by Gasteiger charge is -2.30. The summed E-state index contributed by atoms with van der Waals surface area (Å²) in [6.45, 7) is 6.18. The van der Waals surface area contributed by atoms with Crippen molar-refractivity contribution >= 4 is 29.8 Å². The fourth-order valence-corrected chi connectivity index (χ4v) is 8.17. The molecule has 0 unspecified atom stereocenters. The number of carbonyl (C=O) groups excluding carboxylic acids is 2. The first-order valence-corrected chi connectivity index (χ1v) is 19.7. The highest BCUT2D eigenvalue weighted by atomic mass is 16.5. The highest BCUT2D eigenvalue weighted by molar-refractivity contribution is 5.95. The van der Waals surface area contributed by atoms with Crippen LogP contribution in [0.15, 0.2) is 21.3 Å². The molecule has 282 valence electrons. The number of fused-ring (bicyclic) bond motifs is 1. The van der Waals surface area contributed by atoms with Crippen LogP contribution in [0.5, 0.6) is 0 Å². The lowest BCUT2D eigenvalue weighted by molar-refractivity contribution is -0.710. The van der Waals surface area contributed by atoms with Gasteiger partial charge in [-0.3, -0.25) is 10.3 Å². The summed E-state index contributed by atoms with van der Waals surface area (Å²) in [5.41, 5.74) is 21.2. The van der Waals surface area contributed by atoms with E-state index in [1.54, 1.807) is 0 Å². The van der Waals surface area contributed by atoms with Crippen LogP contribution in [0.3, 0.4) is 0 Å². The van der Waals surface area contributed by atoms with E-state index in [1.165, 1.54) is 38.5 Å². The van der Waals surface area contributed by atoms with Gasteiger partial charge in [0, 0.05) is 31.6 Å². The third kappa shape index (κ3) is 10.1. The number of anilines is 1. The van der Waals surface area contributed by atoms with Gasteiger partial charge in [-0.25, -0.2) is 19.1 Å². The maximum atomic E-state index is 13.3. The topological polar surface area (TPSA) is 187 Å². The number of nitrogens with two attached hydrogens (primary N) is 3. The van der Waals surface area contributed by atoms with E-state index >= 15 is 0 Å². The summed E-state index contributed by atoms with van der Waals surface area (Å²) in [7, 11) is 0. The molecular weight excluding hydrogens is 646 g/mol. The van der Waals surface area contributed by atoms with Crippen molar-refractivity contribution in [2.24, 2.45) is 27.2 Å². The number of ether oxygens (including phenoxy) is 2. The van der Waals surface area contributed by atoms with Crippen LogP contribution in [0, 0.1) is 6.92 Å². The maximum Gasteiger partial charge on any atom is 0.392 e. The largest absolute Gasteiger partial charge is 0.462 e. The molecule has 0 aromatic carbocycles. The van der Waals surface area contributed by atoms with E-state index < -0.39 is 0 Å².